The molecule has 1 fully saturated rings. The van der Waals surface area contributed by atoms with Crippen molar-refractivity contribution >= 4 is 16.5 Å². The van der Waals surface area contributed by atoms with Crippen LogP contribution in [0, 0.1) is 0 Å². The first-order valence-electron chi connectivity index (χ1n) is 5.75. The molecule has 16 heavy (non-hydrogen) atoms. The third-order valence-electron chi connectivity index (χ3n) is 3.12. The molecule has 3 rings (SSSR count). The third-order valence-corrected chi connectivity index (χ3v) is 3.12. The van der Waals surface area contributed by atoms with Gasteiger partial charge in [-0.15, -0.1) is 0 Å². The molecule has 1 aliphatic heterocycles. The van der Waals surface area contributed by atoms with Gasteiger partial charge in [0, 0.05) is 24.2 Å². The van der Waals surface area contributed by atoms with Crippen molar-refractivity contribution in [3.8, 4) is 0 Å². The first-order valence-corrected chi connectivity index (χ1v) is 5.75. The SMILES string of the molecule is c1ccc2c(N3CCOCC3)cccc2c1. The Morgan fingerprint density at radius 2 is 1.62 bits per heavy atom. The number of rotatable bonds is 1. The number of ether oxygens (including phenoxy) is 1. The molecule has 0 radical (unpaired) electrons. The van der Waals surface area contributed by atoms with E-state index >= 15 is 0 Å². The maximum absolute atomic E-state index is 5.39. The highest BCUT2D eigenvalue weighted by Gasteiger charge is 2.12. The maximum Gasteiger partial charge on any atom is 0.0642 e. The number of fused-ring (bicyclic) bond motifs is 1. The molecule has 1 aliphatic rings. The topological polar surface area (TPSA) is 12.5 Å². The summed E-state index contributed by atoms with van der Waals surface area (Å²) in [6.45, 7) is 3.66. The van der Waals surface area contributed by atoms with Gasteiger partial charge in [-0.1, -0.05) is 36.4 Å². The fourth-order valence-corrected chi connectivity index (χ4v) is 2.29. The van der Waals surface area contributed by atoms with Gasteiger partial charge < -0.3 is 9.64 Å². The van der Waals surface area contributed by atoms with E-state index < -0.39 is 0 Å². The monoisotopic (exact) mass is 213 g/mol. The molecule has 82 valence electrons. The van der Waals surface area contributed by atoms with E-state index in [1.54, 1.807) is 0 Å². The molecule has 1 saturated heterocycles. The summed E-state index contributed by atoms with van der Waals surface area (Å²) in [7, 11) is 0. The number of benzene rings is 2. The molecule has 1 heterocycles. The number of hydrogen-bond donors (Lipinski definition) is 0. The molecule has 0 spiro atoms. The minimum absolute atomic E-state index is 0.837. The quantitative estimate of drug-likeness (QED) is 0.722. The Kier molecular flexibility index (Phi) is 2.50. The van der Waals surface area contributed by atoms with Gasteiger partial charge in [0.1, 0.15) is 0 Å². The van der Waals surface area contributed by atoms with Crippen LogP contribution in [0.3, 0.4) is 0 Å². The largest absolute Gasteiger partial charge is 0.378 e. The predicted molar refractivity (Wildman–Crippen MR) is 67.0 cm³/mol. The van der Waals surface area contributed by atoms with Gasteiger partial charge >= 0.3 is 0 Å². The second-order valence-electron chi connectivity index (χ2n) is 4.10. The van der Waals surface area contributed by atoms with Crippen LogP contribution in [0.5, 0.6) is 0 Å². The van der Waals surface area contributed by atoms with Crippen molar-refractivity contribution < 1.29 is 4.74 Å². The van der Waals surface area contributed by atoms with E-state index in [0.717, 1.165) is 26.3 Å². The molecule has 0 saturated carbocycles. The Hall–Kier alpha value is -1.54. The summed E-state index contributed by atoms with van der Waals surface area (Å²) in [6, 6.07) is 15.1. The maximum atomic E-state index is 5.39. The molecule has 2 nitrogen and oxygen atoms in total. The molecule has 0 atom stereocenters. The Labute approximate surface area is 95.4 Å². The van der Waals surface area contributed by atoms with E-state index in [2.05, 4.69) is 47.4 Å². The molecule has 0 amide bonds. The van der Waals surface area contributed by atoms with Crippen LogP contribution in [0.2, 0.25) is 0 Å². The van der Waals surface area contributed by atoms with Crippen LogP contribution in [0.4, 0.5) is 5.69 Å². The molecule has 0 aliphatic carbocycles. The summed E-state index contributed by atoms with van der Waals surface area (Å²) < 4.78 is 5.39. The van der Waals surface area contributed by atoms with Crippen molar-refractivity contribution in [3.05, 3.63) is 42.5 Å². The second-order valence-corrected chi connectivity index (χ2v) is 4.10. The average molecular weight is 213 g/mol. The van der Waals surface area contributed by atoms with Gasteiger partial charge in [-0.3, -0.25) is 0 Å². The van der Waals surface area contributed by atoms with E-state index in [0.29, 0.717) is 0 Å². The zero-order chi connectivity index (χ0) is 10.8. The Morgan fingerprint density at radius 3 is 2.50 bits per heavy atom. The molecule has 0 N–H and O–H groups in total. The Morgan fingerprint density at radius 1 is 0.875 bits per heavy atom. The number of morpholine rings is 1. The lowest BCUT2D eigenvalue weighted by atomic mass is 10.1. The lowest BCUT2D eigenvalue weighted by molar-refractivity contribution is 0.123. The van der Waals surface area contributed by atoms with Gasteiger partial charge in [0.05, 0.1) is 13.2 Å². The predicted octanol–water partition coefficient (Wildman–Crippen LogP) is 2.68. The van der Waals surface area contributed by atoms with Gasteiger partial charge in [0.15, 0.2) is 0 Å². The van der Waals surface area contributed by atoms with E-state index in [1.165, 1.54) is 16.5 Å². The molecule has 0 bridgehead atoms. The van der Waals surface area contributed by atoms with Crippen LogP contribution in [0.1, 0.15) is 0 Å². The van der Waals surface area contributed by atoms with Crippen molar-refractivity contribution in [1.82, 2.24) is 0 Å². The second kappa shape index (κ2) is 4.14. The highest BCUT2D eigenvalue weighted by molar-refractivity contribution is 5.94. The van der Waals surface area contributed by atoms with E-state index in [9.17, 15) is 0 Å². The normalized spacial score (nSPS) is 16.6. The third kappa shape index (κ3) is 1.65. The fourth-order valence-electron chi connectivity index (χ4n) is 2.29. The molecule has 2 aromatic rings. The zero-order valence-corrected chi connectivity index (χ0v) is 9.23. The van der Waals surface area contributed by atoms with Crippen LogP contribution >= 0.6 is 0 Å². The van der Waals surface area contributed by atoms with Crippen LogP contribution < -0.4 is 4.90 Å². The fraction of sp³-hybridized carbons (Fsp3) is 0.286. The molecule has 2 aromatic carbocycles. The first-order chi connectivity index (χ1) is 7.95. The lowest BCUT2D eigenvalue weighted by Gasteiger charge is -2.29. The standard InChI is InChI=1S/C14H15NO/c1-2-6-13-12(4-1)5-3-7-14(13)15-8-10-16-11-9-15/h1-7H,8-11H2. The number of nitrogens with zero attached hydrogens (tertiary/aromatic N) is 1. The van der Waals surface area contributed by atoms with Crippen LogP contribution in [-0.2, 0) is 4.74 Å². The Balaban J connectivity index is 2.08. The summed E-state index contributed by atoms with van der Waals surface area (Å²) in [4.78, 5) is 2.41. The highest BCUT2D eigenvalue weighted by Crippen LogP contribution is 2.26. The van der Waals surface area contributed by atoms with E-state index in [-0.39, 0.29) is 0 Å². The molecular weight excluding hydrogens is 198 g/mol. The van der Waals surface area contributed by atoms with Crippen molar-refractivity contribution in [2.45, 2.75) is 0 Å². The summed E-state index contributed by atoms with van der Waals surface area (Å²) in [5, 5.41) is 2.65. The van der Waals surface area contributed by atoms with Crippen molar-refractivity contribution in [1.29, 1.82) is 0 Å². The smallest absolute Gasteiger partial charge is 0.0642 e. The zero-order valence-electron chi connectivity index (χ0n) is 9.23. The van der Waals surface area contributed by atoms with Gasteiger partial charge in [0.25, 0.3) is 0 Å². The van der Waals surface area contributed by atoms with Gasteiger partial charge in [-0.25, -0.2) is 0 Å². The first kappa shape index (κ1) is 9.67. The van der Waals surface area contributed by atoms with Crippen LogP contribution in [0.15, 0.2) is 42.5 Å². The van der Waals surface area contributed by atoms with Crippen molar-refractivity contribution in [2.75, 3.05) is 31.2 Å². The van der Waals surface area contributed by atoms with E-state index in [4.69, 9.17) is 4.74 Å². The van der Waals surface area contributed by atoms with Crippen LogP contribution in [0.25, 0.3) is 10.8 Å². The minimum atomic E-state index is 0.837. The number of anilines is 1. The summed E-state index contributed by atoms with van der Waals surface area (Å²) >= 11 is 0. The van der Waals surface area contributed by atoms with E-state index in [1.807, 2.05) is 0 Å². The summed E-state index contributed by atoms with van der Waals surface area (Å²) in [6.07, 6.45) is 0. The summed E-state index contributed by atoms with van der Waals surface area (Å²) in [5.41, 5.74) is 1.33. The Bertz CT molecular complexity index is 484. The minimum Gasteiger partial charge on any atom is -0.378 e. The molecule has 2 heteroatoms. The molecule has 0 unspecified atom stereocenters. The molecule has 0 aromatic heterocycles. The lowest BCUT2D eigenvalue weighted by Crippen LogP contribution is -2.36. The van der Waals surface area contributed by atoms with Crippen molar-refractivity contribution in [2.24, 2.45) is 0 Å². The average Bonchev–Trinajstić information content (AvgIpc) is 2.39. The van der Waals surface area contributed by atoms with Crippen LogP contribution in [-0.4, -0.2) is 26.3 Å². The number of hydrogen-bond acceptors (Lipinski definition) is 2. The van der Waals surface area contributed by atoms with Gasteiger partial charge in [-0.2, -0.15) is 0 Å². The molecular formula is C14H15NO. The van der Waals surface area contributed by atoms with Crippen molar-refractivity contribution in [3.63, 3.8) is 0 Å². The van der Waals surface area contributed by atoms with Gasteiger partial charge in [-0.05, 0) is 11.5 Å². The summed E-state index contributed by atoms with van der Waals surface area (Å²) in [5.74, 6) is 0. The highest BCUT2D eigenvalue weighted by atomic mass is 16.5. The van der Waals surface area contributed by atoms with Gasteiger partial charge in [0.2, 0.25) is 0 Å².